The van der Waals surface area contributed by atoms with Crippen LogP contribution in [0.5, 0.6) is 0 Å². The molecule has 3 nitrogen and oxygen atoms in total. The molecule has 2 aliphatic heterocycles. The van der Waals surface area contributed by atoms with Gasteiger partial charge in [-0.25, -0.2) is 0 Å². The molecule has 3 aliphatic carbocycles. The van der Waals surface area contributed by atoms with Crippen LogP contribution in [0.25, 0.3) is 21.9 Å². The van der Waals surface area contributed by atoms with Gasteiger partial charge in [0.1, 0.15) is 11.2 Å². The molecule has 0 radical (unpaired) electrons. The lowest BCUT2D eigenvalue weighted by molar-refractivity contribution is 0.332. The van der Waals surface area contributed by atoms with Gasteiger partial charge in [-0.15, -0.1) is 0 Å². The van der Waals surface area contributed by atoms with Gasteiger partial charge in [-0.2, -0.15) is 0 Å². The summed E-state index contributed by atoms with van der Waals surface area (Å²) in [5.74, 6) is 0. The number of benzene rings is 6. The average Bonchev–Trinajstić information content (AvgIpc) is 3.67. The molecule has 3 heterocycles. The maximum absolute atomic E-state index is 7.02. The molecule has 0 fully saturated rings. The van der Waals surface area contributed by atoms with Crippen LogP contribution in [-0.4, -0.2) is 6.71 Å². The van der Waals surface area contributed by atoms with Gasteiger partial charge >= 0.3 is 0 Å². The van der Waals surface area contributed by atoms with E-state index in [4.69, 9.17) is 4.42 Å². The van der Waals surface area contributed by atoms with E-state index in [-0.39, 0.29) is 44.6 Å². The van der Waals surface area contributed by atoms with E-state index in [2.05, 4.69) is 212 Å². The van der Waals surface area contributed by atoms with E-state index in [1.807, 2.05) is 0 Å². The minimum absolute atomic E-state index is 0.0298. The topological polar surface area (TPSA) is 19.6 Å². The lowest BCUT2D eigenvalue weighted by Crippen LogP contribution is -2.62. The Morgan fingerprint density at radius 2 is 0.928 bits per heavy atom. The molecule has 1 aromatic heterocycles. The maximum Gasteiger partial charge on any atom is 0.252 e. The smallest absolute Gasteiger partial charge is 0.252 e. The largest absolute Gasteiger partial charge is 0.456 e. The lowest BCUT2D eigenvalue weighted by atomic mass is 9.32. The van der Waals surface area contributed by atoms with Crippen molar-refractivity contribution in [1.29, 1.82) is 0 Å². The summed E-state index contributed by atoms with van der Waals surface area (Å²) in [6.45, 7) is 39.1. The Morgan fingerprint density at radius 3 is 1.46 bits per heavy atom. The summed E-state index contributed by atoms with van der Waals surface area (Å²) in [4.78, 5) is 5.41. The highest BCUT2D eigenvalue weighted by molar-refractivity contribution is 7.00. The molecule has 0 N–H and O–H groups in total. The number of para-hydroxylation sites is 1. The van der Waals surface area contributed by atoms with Gasteiger partial charge in [-0.3, -0.25) is 0 Å². The second-order valence-corrected chi connectivity index (χ2v) is 27.5. The first-order chi connectivity index (χ1) is 32.2. The summed E-state index contributed by atoms with van der Waals surface area (Å²) < 4.78 is 7.02. The van der Waals surface area contributed by atoms with Crippen molar-refractivity contribution in [2.75, 3.05) is 9.80 Å². The van der Waals surface area contributed by atoms with Crippen molar-refractivity contribution in [2.24, 2.45) is 0 Å². The van der Waals surface area contributed by atoms with Crippen LogP contribution < -0.4 is 26.2 Å². The second-order valence-electron chi connectivity index (χ2n) is 27.5. The quantitative estimate of drug-likeness (QED) is 0.161. The van der Waals surface area contributed by atoms with E-state index in [0.29, 0.717) is 0 Å². The van der Waals surface area contributed by atoms with E-state index < -0.39 is 0 Å². The fraction of sp³-hybridized carbons (Fsp3) is 0.446. The van der Waals surface area contributed by atoms with Crippen molar-refractivity contribution in [2.45, 2.75) is 187 Å². The zero-order valence-corrected chi connectivity index (χ0v) is 44.8. The van der Waals surface area contributed by atoms with E-state index in [0.717, 1.165) is 17.6 Å². The Labute approximate surface area is 414 Å². The number of rotatable bonds is 2. The molecule has 4 heteroatoms. The van der Waals surface area contributed by atoms with Crippen molar-refractivity contribution in [3.63, 3.8) is 0 Å². The van der Waals surface area contributed by atoms with E-state index in [9.17, 15) is 0 Å². The molecule has 6 aromatic carbocycles. The molecule has 12 rings (SSSR count). The molecule has 69 heavy (non-hydrogen) atoms. The first-order valence-corrected chi connectivity index (χ1v) is 26.4. The molecular weight excluding hydrogens is 836 g/mol. The molecule has 0 unspecified atom stereocenters. The van der Waals surface area contributed by atoms with Crippen molar-refractivity contribution in [3.8, 4) is 0 Å². The van der Waals surface area contributed by atoms with Crippen molar-refractivity contribution in [3.05, 3.63) is 136 Å². The molecule has 0 amide bonds. The third-order valence-electron chi connectivity index (χ3n) is 18.8. The minimum Gasteiger partial charge on any atom is -0.456 e. The van der Waals surface area contributed by atoms with Gasteiger partial charge in [0.25, 0.3) is 6.71 Å². The van der Waals surface area contributed by atoms with Gasteiger partial charge in [-0.1, -0.05) is 146 Å². The van der Waals surface area contributed by atoms with Crippen LogP contribution in [0.3, 0.4) is 0 Å². The molecule has 0 spiro atoms. The van der Waals surface area contributed by atoms with Crippen molar-refractivity contribution in [1.82, 2.24) is 0 Å². The van der Waals surface area contributed by atoms with Crippen molar-refractivity contribution < 1.29 is 4.42 Å². The van der Waals surface area contributed by atoms with Crippen molar-refractivity contribution >= 4 is 79.2 Å². The first-order valence-electron chi connectivity index (χ1n) is 26.4. The predicted molar refractivity (Wildman–Crippen MR) is 297 cm³/mol. The van der Waals surface area contributed by atoms with E-state index >= 15 is 0 Å². The third kappa shape index (κ3) is 6.37. The Kier molecular flexibility index (Phi) is 9.13. The number of anilines is 6. The maximum atomic E-state index is 7.02. The summed E-state index contributed by atoms with van der Waals surface area (Å²) in [5, 5.41) is 2.36. The molecular formula is C65H75BN2O. The second kappa shape index (κ2) is 14.0. The van der Waals surface area contributed by atoms with Gasteiger partial charge in [-0.05, 0) is 187 Å². The van der Waals surface area contributed by atoms with Gasteiger partial charge in [0.15, 0.2) is 0 Å². The lowest BCUT2D eigenvalue weighted by Gasteiger charge is -2.49. The van der Waals surface area contributed by atoms with Crippen LogP contribution in [0.4, 0.5) is 34.1 Å². The average molecular weight is 911 g/mol. The van der Waals surface area contributed by atoms with Crippen LogP contribution in [0.15, 0.2) is 95.4 Å². The third-order valence-corrected chi connectivity index (χ3v) is 18.8. The van der Waals surface area contributed by atoms with Gasteiger partial charge in [0, 0.05) is 39.4 Å². The Bertz CT molecular complexity index is 3360. The fourth-order valence-electron chi connectivity index (χ4n) is 14.1. The summed E-state index contributed by atoms with van der Waals surface area (Å²) in [6.07, 6.45) is 7.07. The number of nitrogens with zero attached hydrogens (tertiary/aromatic N) is 2. The van der Waals surface area contributed by atoms with E-state index in [1.165, 1.54) is 138 Å². The van der Waals surface area contributed by atoms with Crippen LogP contribution in [0, 0.1) is 6.92 Å². The van der Waals surface area contributed by atoms with E-state index in [1.54, 1.807) is 0 Å². The molecule has 0 bridgehead atoms. The molecule has 0 saturated heterocycles. The van der Waals surface area contributed by atoms with Gasteiger partial charge in [0.2, 0.25) is 0 Å². The predicted octanol–water partition coefficient (Wildman–Crippen LogP) is 16.3. The van der Waals surface area contributed by atoms with Crippen LogP contribution in [-0.2, 0) is 37.9 Å². The SMILES string of the molecule is Cc1cc2c3c(c1)N(c1ccc(C(C)(C)C)c4oc5ccccc5c14)c1cc4c(cc1B3c1cc3c(cc1N2c1ccc2c(c1)C(C)(C)CCC2(C)C)C(C)(C)CCC3(C)C)C(C)(C)CCC4(C)C. The zero-order valence-electron chi connectivity index (χ0n) is 44.8. The Balaban J connectivity index is 1.24. The van der Waals surface area contributed by atoms with Crippen LogP contribution in [0.2, 0.25) is 0 Å². The van der Waals surface area contributed by atoms with Crippen LogP contribution >= 0.6 is 0 Å². The highest BCUT2D eigenvalue weighted by Gasteiger charge is 2.49. The molecule has 354 valence electrons. The molecule has 0 atom stereocenters. The minimum atomic E-state index is -0.114. The molecule has 0 saturated carbocycles. The number of fused-ring (bicyclic) bond motifs is 10. The highest BCUT2D eigenvalue weighted by Crippen LogP contribution is 2.55. The fourth-order valence-corrected chi connectivity index (χ4v) is 14.1. The highest BCUT2D eigenvalue weighted by atomic mass is 16.3. The summed E-state index contributed by atoms with van der Waals surface area (Å²) in [6, 6.07) is 36.9. The van der Waals surface area contributed by atoms with Gasteiger partial charge in [0.05, 0.1) is 11.1 Å². The van der Waals surface area contributed by atoms with Gasteiger partial charge < -0.3 is 14.2 Å². The Hall–Kier alpha value is -5.22. The first kappa shape index (κ1) is 45.0. The monoisotopic (exact) mass is 911 g/mol. The summed E-state index contributed by atoms with van der Waals surface area (Å²) in [7, 11) is 0. The molecule has 7 aromatic rings. The summed E-state index contributed by atoms with van der Waals surface area (Å²) >= 11 is 0. The number of aryl methyl sites for hydroxylation is 1. The standard InChI is InChI=1S/C65H75BN2O/c1-38-31-53-57-54(32-38)68(50-24-23-42(59(2,3)4)58-56(50)40-19-17-18-20-55(40)69-58)52-37-47-45(63(11,12)28-30-65(47,15)16)35-49(52)66(57)48-34-44-46(64(13,14)29-27-62(44,9)10)36-51(48)67(53)39-21-22-41-43(33-39)61(7,8)26-25-60(41,5)6/h17-24,31-37H,25-30H2,1-16H3. The number of furan rings is 1. The summed E-state index contributed by atoms with van der Waals surface area (Å²) in [5.41, 5.74) is 25.7. The zero-order chi connectivity index (χ0) is 48.9. The number of hydrogen-bond donors (Lipinski definition) is 0. The van der Waals surface area contributed by atoms with Crippen LogP contribution in [0.1, 0.15) is 187 Å². The normalized spacial score (nSPS) is 20.7. The number of hydrogen-bond acceptors (Lipinski definition) is 3. The molecule has 5 aliphatic rings. The Morgan fingerprint density at radius 1 is 0.464 bits per heavy atom.